The molecule has 0 saturated carbocycles. The van der Waals surface area contributed by atoms with Gasteiger partial charge in [-0.25, -0.2) is 13.5 Å². The molecule has 0 bridgehead atoms. The number of hydrogen-bond donors (Lipinski definition) is 2. The fourth-order valence-electron chi connectivity index (χ4n) is 3.43. The van der Waals surface area contributed by atoms with Gasteiger partial charge in [-0.15, -0.1) is 0 Å². The quantitative estimate of drug-likeness (QED) is 0.758. The summed E-state index contributed by atoms with van der Waals surface area (Å²) in [5.41, 5.74) is 5.69. The molecule has 1 aliphatic heterocycles. The first-order chi connectivity index (χ1) is 12.5. The van der Waals surface area contributed by atoms with Crippen molar-refractivity contribution in [2.75, 3.05) is 13.1 Å². The molecule has 2 heterocycles. The number of aromatic nitrogens is 2. The topological polar surface area (TPSA) is 72.9 Å². The van der Waals surface area contributed by atoms with Gasteiger partial charge in [0.25, 0.3) is 5.91 Å². The number of hydrogen-bond acceptors (Lipinski definition) is 3. The Morgan fingerprint density at radius 3 is 2.73 bits per heavy atom. The number of nitrogens with two attached hydrogens (primary N) is 1. The molecule has 4 rings (SSSR count). The van der Waals surface area contributed by atoms with Crippen molar-refractivity contribution in [3.63, 3.8) is 0 Å². The van der Waals surface area contributed by atoms with Crippen molar-refractivity contribution in [1.82, 2.24) is 15.1 Å². The van der Waals surface area contributed by atoms with Gasteiger partial charge in [0.2, 0.25) is 0 Å². The van der Waals surface area contributed by atoms with Crippen molar-refractivity contribution in [3.8, 4) is 5.69 Å². The molecule has 1 aromatic heterocycles. The van der Waals surface area contributed by atoms with Gasteiger partial charge in [0, 0.05) is 31.1 Å². The van der Waals surface area contributed by atoms with E-state index in [0.29, 0.717) is 22.3 Å². The third-order valence-electron chi connectivity index (χ3n) is 4.77. The van der Waals surface area contributed by atoms with E-state index in [1.807, 2.05) is 6.07 Å². The number of amides is 1. The van der Waals surface area contributed by atoms with Crippen LogP contribution in [0.4, 0.5) is 8.78 Å². The van der Waals surface area contributed by atoms with Crippen LogP contribution in [-0.2, 0) is 5.67 Å². The summed E-state index contributed by atoms with van der Waals surface area (Å²) < 4.78 is 30.2. The molecule has 0 aliphatic carbocycles. The number of nitrogens with one attached hydrogen (secondary N) is 1. The van der Waals surface area contributed by atoms with Crippen molar-refractivity contribution in [3.05, 3.63) is 59.8 Å². The monoisotopic (exact) mass is 356 g/mol. The molecule has 0 spiro atoms. The second kappa shape index (κ2) is 6.17. The number of nitrogens with zero attached hydrogens (tertiary/aromatic N) is 2. The molecule has 5 nitrogen and oxygen atoms in total. The van der Waals surface area contributed by atoms with Gasteiger partial charge in [-0.05, 0) is 23.8 Å². The van der Waals surface area contributed by atoms with Gasteiger partial charge in [0.05, 0.1) is 11.3 Å². The number of benzene rings is 2. The van der Waals surface area contributed by atoms with Crippen LogP contribution in [0.1, 0.15) is 22.3 Å². The van der Waals surface area contributed by atoms with Crippen molar-refractivity contribution < 1.29 is 13.6 Å². The number of rotatable bonds is 3. The van der Waals surface area contributed by atoms with Crippen LogP contribution in [0.25, 0.3) is 16.6 Å². The molecular weight excluding hydrogens is 338 g/mol. The molecule has 2 atom stereocenters. The number of carbonyl (C=O) groups excluding carboxylic acids is 1. The Morgan fingerprint density at radius 1 is 1.27 bits per heavy atom. The highest BCUT2D eigenvalue weighted by Gasteiger charge is 2.38. The molecule has 1 saturated heterocycles. The fraction of sp³-hybridized carbons (Fsp3) is 0.263. The van der Waals surface area contributed by atoms with Crippen molar-refractivity contribution in [1.29, 1.82) is 0 Å². The Hall–Kier alpha value is -2.80. The zero-order chi connectivity index (χ0) is 18.3. The lowest BCUT2D eigenvalue weighted by Gasteiger charge is -2.32. The number of primary amides is 1. The SMILES string of the molecule is NC(=O)c1cccc2cn(-c3ccc(C4(F)CNCC(F)C4)cc3)nc12. The number of piperidine rings is 1. The van der Waals surface area contributed by atoms with Gasteiger partial charge in [0.15, 0.2) is 5.67 Å². The van der Waals surface area contributed by atoms with E-state index in [2.05, 4.69) is 10.4 Å². The third-order valence-corrected chi connectivity index (χ3v) is 4.77. The van der Waals surface area contributed by atoms with Gasteiger partial charge < -0.3 is 11.1 Å². The number of halogens is 2. The molecule has 1 aliphatic rings. The van der Waals surface area contributed by atoms with Crippen LogP contribution in [0.3, 0.4) is 0 Å². The summed E-state index contributed by atoms with van der Waals surface area (Å²) in [5, 5.41) is 8.00. The van der Waals surface area contributed by atoms with Gasteiger partial charge >= 0.3 is 0 Å². The summed E-state index contributed by atoms with van der Waals surface area (Å²) in [7, 11) is 0. The number of carbonyl (C=O) groups is 1. The van der Waals surface area contributed by atoms with Crippen molar-refractivity contribution >= 4 is 16.8 Å². The lowest BCUT2D eigenvalue weighted by Crippen LogP contribution is -2.45. The second-order valence-corrected chi connectivity index (χ2v) is 6.63. The van der Waals surface area contributed by atoms with Crippen molar-refractivity contribution in [2.45, 2.75) is 18.3 Å². The van der Waals surface area contributed by atoms with E-state index in [4.69, 9.17) is 5.73 Å². The average molecular weight is 356 g/mol. The second-order valence-electron chi connectivity index (χ2n) is 6.63. The van der Waals surface area contributed by atoms with E-state index < -0.39 is 17.7 Å². The van der Waals surface area contributed by atoms with E-state index in [1.54, 1.807) is 47.3 Å². The van der Waals surface area contributed by atoms with Crippen LogP contribution in [0.5, 0.6) is 0 Å². The van der Waals surface area contributed by atoms with E-state index >= 15 is 4.39 Å². The maximum absolute atomic E-state index is 15.0. The van der Waals surface area contributed by atoms with E-state index in [9.17, 15) is 9.18 Å². The van der Waals surface area contributed by atoms with E-state index in [-0.39, 0.29) is 19.5 Å². The molecule has 3 N–H and O–H groups in total. The maximum Gasteiger partial charge on any atom is 0.250 e. The van der Waals surface area contributed by atoms with Crippen molar-refractivity contribution in [2.24, 2.45) is 5.73 Å². The van der Waals surface area contributed by atoms with Gasteiger partial charge in [-0.1, -0.05) is 24.3 Å². The average Bonchev–Trinajstić information content (AvgIpc) is 3.05. The van der Waals surface area contributed by atoms with E-state index in [1.165, 1.54) is 0 Å². The molecule has 3 aromatic rings. The highest BCUT2D eigenvalue weighted by atomic mass is 19.2. The molecule has 2 aromatic carbocycles. The highest BCUT2D eigenvalue weighted by Crippen LogP contribution is 2.34. The Balaban J connectivity index is 1.68. The molecule has 1 fully saturated rings. The third kappa shape index (κ3) is 2.84. The lowest BCUT2D eigenvalue weighted by molar-refractivity contribution is 0.0711. The minimum Gasteiger partial charge on any atom is -0.366 e. The molecular formula is C19H18F2N4O. The number of alkyl halides is 2. The lowest BCUT2D eigenvalue weighted by atomic mass is 9.87. The fourth-order valence-corrected chi connectivity index (χ4v) is 3.43. The first-order valence-corrected chi connectivity index (χ1v) is 8.39. The summed E-state index contributed by atoms with van der Waals surface area (Å²) in [6.45, 7) is 0.284. The number of fused-ring (bicyclic) bond motifs is 1. The summed E-state index contributed by atoms with van der Waals surface area (Å²) >= 11 is 0. The van der Waals surface area contributed by atoms with Gasteiger partial charge in [0.1, 0.15) is 11.7 Å². The largest absolute Gasteiger partial charge is 0.366 e. The van der Waals surface area contributed by atoms with E-state index in [0.717, 1.165) is 5.39 Å². The summed E-state index contributed by atoms with van der Waals surface area (Å²) in [5.74, 6) is -0.541. The molecule has 134 valence electrons. The van der Waals surface area contributed by atoms with Crippen LogP contribution in [0.2, 0.25) is 0 Å². The predicted molar refractivity (Wildman–Crippen MR) is 94.8 cm³/mol. The molecule has 0 radical (unpaired) electrons. The standard InChI is InChI=1S/C19H18F2N4O/c20-14-8-19(21,11-23-9-14)13-4-6-15(7-5-13)25-10-12-2-1-3-16(18(22)26)17(12)24-25/h1-7,10,14,23H,8-9,11H2,(H2,22,26). The first-order valence-electron chi connectivity index (χ1n) is 8.39. The summed E-state index contributed by atoms with van der Waals surface area (Å²) in [6, 6.07) is 12.0. The van der Waals surface area contributed by atoms with Crippen LogP contribution in [0.15, 0.2) is 48.7 Å². The Bertz CT molecular complexity index is 969. The molecule has 7 heteroatoms. The predicted octanol–water partition coefficient (Wildman–Crippen LogP) is 2.62. The zero-order valence-corrected chi connectivity index (χ0v) is 14.0. The summed E-state index contributed by atoms with van der Waals surface area (Å²) in [4.78, 5) is 11.5. The van der Waals surface area contributed by atoms with Gasteiger partial charge in [-0.3, -0.25) is 4.79 Å². The minimum absolute atomic E-state index is 0.0976. The summed E-state index contributed by atoms with van der Waals surface area (Å²) in [6.07, 6.45) is 0.436. The Kier molecular flexibility index (Phi) is 3.96. The molecule has 26 heavy (non-hydrogen) atoms. The minimum atomic E-state index is -1.72. The smallest absolute Gasteiger partial charge is 0.250 e. The van der Waals surface area contributed by atoms with Crippen LogP contribution in [-0.4, -0.2) is 34.9 Å². The normalized spacial score (nSPS) is 23.2. The zero-order valence-electron chi connectivity index (χ0n) is 14.0. The maximum atomic E-state index is 15.0. The Labute approximate surface area is 148 Å². The van der Waals surface area contributed by atoms with Crippen LogP contribution in [0, 0.1) is 0 Å². The Morgan fingerprint density at radius 2 is 2.04 bits per heavy atom. The van der Waals surface area contributed by atoms with Crippen LogP contribution < -0.4 is 11.1 Å². The first kappa shape index (κ1) is 16.7. The molecule has 2 unspecified atom stereocenters. The van der Waals surface area contributed by atoms with Gasteiger partial charge in [-0.2, -0.15) is 5.10 Å². The highest BCUT2D eigenvalue weighted by molar-refractivity contribution is 6.04. The van der Waals surface area contributed by atoms with Crippen LogP contribution >= 0.6 is 0 Å². The molecule has 1 amide bonds.